The molecular formula is C25H25N3O3S. The minimum absolute atomic E-state index is 0.00606. The third kappa shape index (κ3) is 4.43. The van der Waals surface area contributed by atoms with E-state index in [1.165, 1.54) is 11.8 Å². The fourth-order valence-corrected chi connectivity index (χ4v) is 4.55. The van der Waals surface area contributed by atoms with Crippen molar-refractivity contribution in [3.8, 4) is 17.2 Å². The van der Waals surface area contributed by atoms with Crippen LogP contribution in [-0.4, -0.2) is 47.4 Å². The lowest BCUT2D eigenvalue weighted by Crippen LogP contribution is -2.28. The molecule has 6 nitrogen and oxygen atoms in total. The third-order valence-electron chi connectivity index (χ3n) is 5.19. The summed E-state index contributed by atoms with van der Waals surface area (Å²) < 4.78 is 13.0. The molecule has 0 radical (unpaired) electrons. The van der Waals surface area contributed by atoms with Crippen LogP contribution in [0, 0.1) is 0 Å². The van der Waals surface area contributed by atoms with Crippen LogP contribution in [0.5, 0.6) is 11.5 Å². The first-order valence-corrected chi connectivity index (χ1v) is 11.2. The largest absolute Gasteiger partial charge is 0.493 e. The van der Waals surface area contributed by atoms with Gasteiger partial charge in [0.15, 0.2) is 16.7 Å². The van der Waals surface area contributed by atoms with Crippen LogP contribution in [0.3, 0.4) is 0 Å². The highest BCUT2D eigenvalue weighted by atomic mass is 32.2. The fraction of sp³-hybridized carbons (Fsp3) is 0.200. The first-order valence-electron chi connectivity index (χ1n) is 10.2. The van der Waals surface area contributed by atoms with Crippen molar-refractivity contribution in [1.82, 2.24) is 14.5 Å². The van der Waals surface area contributed by atoms with E-state index >= 15 is 0 Å². The summed E-state index contributed by atoms with van der Waals surface area (Å²) in [4.78, 5) is 19.4. The number of carbonyl (C=O) groups is 1. The topological polar surface area (TPSA) is 56.6 Å². The molecule has 1 heterocycles. The minimum atomic E-state index is 0.00606. The number of fused-ring (bicyclic) bond motifs is 1. The van der Waals surface area contributed by atoms with Crippen molar-refractivity contribution in [2.75, 3.05) is 27.0 Å². The molecule has 0 spiro atoms. The number of aromatic nitrogens is 2. The van der Waals surface area contributed by atoms with E-state index in [0.29, 0.717) is 18.0 Å². The predicted octanol–water partition coefficient (Wildman–Crippen LogP) is 4.79. The molecule has 0 unspecified atom stereocenters. The molecule has 7 heteroatoms. The highest BCUT2D eigenvalue weighted by molar-refractivity contribution is 7.99. The van der Waals surface area contributed by atoms with Gasteiger partial charge in [-0.15, -0.1) is 0 Å². The van der Waals surface area contributed by atoms with E-state index in [1.807, 2.05) is 72.8 Å². The van der Waals surface area contributed by atoms with E-state index in [9.17, 15) is 4.79 Å². The number of nitrogens with zero attached hydrogens (tertiary/aromatic N) is 3. The number of rotatable bonds is 8. The summed E-state index contributed by atoms with van der Waals surface area (Å²) in [6.07, 6.45) is 0. The van der Waals surface area contributed by atoms with Crippen molar-refractivity contribution in [2.45, 2.75) is 11.7 Å². The molecule has 1 amide bonds. The van der Waals surface area contributed by atoms with Gasteiger partial charge in [0.25, 0.3) is 0 Å². The zero-order chi connectivity index (χ0) is 22.5. The number of para-hydroxylation sites is 4. The van der Waals surface area contributed by atoms with Crippen LogP contribution in [0.15, 0.2) is 78.0 Å². The highest BCUT2D eigenvalue weighted by Crippen LogP contribution is 2.32. The van der Waals surface area contributed by atoms with Gasteiger partial charge in [0, 0.05) is 24.8 Å². The highest BCUT2D eigenvalue weighted by Gasteiger charge is 2.18. The number of amides is 1. The van der Waals surface area contributed by atoms with Gasteiger partial charge in [-0.05, 0) is 30.3 Å². The summed E-state index contributed by atoms with van der Waals surface area (Å²) in [5.41, 5.74) is 3.83. The molecule has 0 bridgehead atoms. The Morgan fingerprint density at radius 3 is 2.47 bits per heavy atom. The van der Waals surface area contributed by atoms with E-state index in [0.717, 1.165) is 27.4 Å². The SMILES string of the molecule is COc1cccc(CN(C)C(=O)CSc2nc3ccccc3n2-c2ccccc2)c1OC. The number of methoxy groups -OCH3 is 2. The van der Waals surface area contributed by atoms with Crippen molar-refractivity contribution in [2.24, 2.45) is 0 Å². The summed E-state index contributed by atoms with van der Waals surface area (Å²) >= 11 is 1.44. The van der Waals surface area contributed by atoms with E-state index in [4.69, 9.17) is 14.5 Å². The lowest BCUT2D eigenvalue weighted by atomic mass is 10.1. The van der Waals surface area contributed by atoms with Gasteiger partial charge in [0.05, 0.1) is 31.0 Å². The molecule has 164 valence electrons. The molecule has 0 aliphatic heterocycles. The van der Waals surface area contributed by atoms with Gasteiger partial charge >= 0.3 is 0 Å². The van der Waals surface area contributed by atoms with Crippen molar-refractivity contribution >= 4 is 28.7 Å². The van der Waals surface area contributed by atoms with Crippen molar-refractivity contribution in [1.29, 1.82) is 0 Å². The van der Waals surface area contributed by atoms with Gasteiger partial charge in [0.1, 0.15) is 0 Å². The number of hydrogen-bond donors (Lipinski definition) is 0. The zero-order valence-corrected chi connectivity index (χ0v) is 19.1. The zero-order valence-electron chi connectivity index (χ0n) is 18.3. The molecule has 4 aromatic rings. The Labute approximate surface area is 191 Å². The maximum absolute atomic E-state index is 12.9. The maximum atomic E-state index is 12.9. The standard InChI is InChI=1S/C25H25N3O3S/c1-27(16-18-10-9-15-22(30-2)24(18)31-3)23(29)17-32-25-26-20-13-7-8-14-21(20)28(25)19-11-5-4-6-12-19/h4-15H,16-17H2,1-3H3. The van der Waals surface area contributed by atoms with E-state index < -0.39 is 0 Å². The molecule has 0 atom stereocenters. The summed E-state index contributed by atoms with van der Waals surface area (Å²) in [5, 5.41) is 0.790. The first kappa shape index (κ1) is 21.8. The number of ether oxygens (including phenoxy) is 2. The van der Waals surface area contributed by atoms with Gasteiger partial charge in [0.2, 0.25) is 5.91 Å². The van der Waals surface area contributed by atoms with Crippen LogP contribution in [0.4, 0.5) is 0 Å². The Kier molecular flexibility index (Phi) is 6.66. The third-order valence-corrected chi connectivity index (χ3v) is 6.11. The van der Waals surface area contributed by atoms with Gasteiger partial charge in [-0.2, -0.15) is 0 Å². The van der Waals surface area contributed by atoms with E-state index in [2.05, 4.69) is 4.57 Å². The Morgan fingerprint density at radius 2 is 1.72 bits per heavy atom. The predicted molar refractivity (Wildman–Crippen MR) is 128 cm³/mol. The van der Waals surface area contributed by atoms with E-state index in [1.54, 1.807) is 26.2 Å². The second-order valence-electron chi connectivity index (χ2n) is 7.25. The average Bonchev–Trinajstić information content (AvgIpc) is 3.21. The van der Waals surface area contributed by atoms with Gasteiger partial charge in [-0.1, -0.05) is 54.2 Å². The molecule has 0 fully saturated rings. The first-order chi connectivity index (χ1) is 15.6. The van der Waals surface area contributed by atoms with Gasteiger partial charge in [-0.25, -0.2) is 4.98 Å². The molecule has 32 heavy (non-hydrogen) atoms. The second kappa shape index (κ2) is 9.78. The monoisotopic (exact) mass is 447 g/mol. The normalized spacial score (nSPS) is 10.8. The smallest absolute Gasteiger partial charge is 0.233 e. The lowest BCUT2D eigenvalue weighted by Gasteiger charge is -2.20. The molecule has 0 saturated carbocycles. The fourth-order valence-electron chi connectivity index (χ4n) is 3.59. The Bertz CT molecular complexity index is 1220. The molecule has 0 aliphatic carbocycles. The van der Waals surface area contributed by atoms with Crippen LogP contribution in [0.2, 0.25) is 0 Å². The Balaban J connectivity index is 1.52. The van der Waals surface area contributed by atoms with Gasteiger partial charge in [-0.3, -0.25) is 9.36 Å². The van der Waals surface area contributed by atoms with Crippen molar-refractivity contribution in [3.05, 3.63) is 78.4 Å². The van der Waals surface area contributed by atoms with Gasteiger partial charge < -0.3 is 14.4 Å². The number of hydrogen-bond acceptors (Lipinski definition) is 5. The van der Waals surface area contributed by atoms with Crippen molar-refractivity contribution in [3.63, 3.8) is 0 Å². The number of imidazole rings is 1. The van der Waals surface area contributed by atoms with Crippen LogP contribution in [0.1, 0.15) is 5.56 Å². The minimum Gasteiger partial charge on any atom is -0.493 e. The van der Waals surface area contributed by atoms with Crippen LogP contribution >= 0.6 is 11.8 Å². The van der Waals surface area contributed by atoms with Crippen LogP contribution in [-0.2, 0) is 11.3 Å². The Hall–Kier alpha value is -3.45. The van der Waals surface area contributed by atoms with Crippen LogP contribution < -0.4 is 9.47 Å². The van der Waals surface area contributed by atoms with E-state index in [-0.39, 0.29) is 11.7 Å². The second-order valence-corrected chi connectivity index (χ2v) is 8.19. The quantitative estimate of drug-likeness (QED) is 0.364. The number of thioether (sulfide) groups is 1. The average molecular weight is 448 g/mol. The molecular weight excluding hydrogens is 422 g/mol. The van der Waals surface area contributed by atoms with Crippen molar-refractivity contribution < 1.29 is 14.3 Å². The molecule has 0 saturated heterocycles. The molecule has 0 aliphatic rings. The maximum Gasteiger partial charge on any atom is 0.233 e. The molecule has 4 rings (SSSR count). The summed E-state index contributed by atoms with van der Waals surface area (Å²) in [7, 11) is 5.00. The van der Waals surface area contributed by atoms with Crippen LogP contribution in [0.25, 0.3) is 16.7 Å². The molecule has 3 aromatic carbocycles. The summed E-state index contributed by atoms with van der Waals surface area (Å²) in [5.74, 6) is 1.58. The lowest BCUT2D eigenvalue weighted by molar-refractivity contribution is -0.127. The Morgan fingerprint density at radius 1 is 0.969 bits per heavy atom. The summed E-state index contributed by atoms with van der Waals surface area (Å²) in [6.45, 7) is 0.425. The molecule has 0 N–H and O–H groups in total. The number of benzene rings is 3. The number of carbonyl (C=O) groups excluding carboxylic acids is 1. The summed E-state index contributed by atoms with van der Waals surface area (Å²) in [6, 6.07) is 23.7. The molecule has 1 aromatic heterocycles.